The van der Waals surface area contributed by atoms with Crippen LogP contribution in [0.3, 0.4) is 0 Å². The van der Waals surface area contributed by atoms with E-state index < -0.39 is 24.8 Å². The fourth-order valence-corrected chi connectivity index (χ4v) is 3.22. The van der Waals surface area contributed by atoms with Crippen molar-refractivity contribution in [2.75, 3.05) is 0 Å². The molecule has 0 aliphatic heterocycles. The van der Waals surface area contributed by atoms with E-state index in [2.05, 4.69) is 4.74 Å². The van der Waals surface area contributed by atoms with Gasteiger partial charge in [0.1, 0.15) is 11.5 Å². The number of para-hydroxylation sites is 1. The molecule has 0 saturated carbocycles. The molecule has 0 heterocycles. The molecule has 31 heavy (non-hydrogen) atoms. The summed E-state index contributed by atoms with van der Waals surface area (Å²) in [7, 11) is 0. The van der Waals surface area contributed by atoms with Crippen molar-refractivity contribution in [1.29, 1.82) is 0 Å². The highest BCUT2D eigenvalue weighted by Crippen LogP contribution is 2.31. The van der Waals surface area contributed by atoms with Crippen LogP contribution in [0.4, 0.5) is 8.78 Å². The Bertz CT molecular complexity index is 944. The van der Waals surface area contributed by atoms with Crippen LogP contribution in [-0.4, -0.2) is 12.6 Å². The predicted molar refractivity (Wildman–Crippen MR) is 113 cm³/mol. The molecule has 0 saturated heterocycles. The third-order valence-corrected chi connectivity index (χ3v) is 4.67. The van der Waals surface area contributed by atoms with E-state index >= 15 is 0 Å². The maximum absolute atomic E-state index is 13.2. The Morgan fingerprint density at radius 3 is 1.81 bits per heavy atom. The minimum absolute atomic E-state index is 0.0317. The fraction of sp³-hybridized carbons (Fsp3) is 0.240. The van der Waals surface area contributed by atoms with E-state index in [4.69, 9.17) is 9.47 Å². The van der Waals surface area contributed by atoms with Crippen molar-refractivity contribution in [3.05, 3.63) is 96.1 Å². The maximum Gasteiger partial charge on any atom is 0.387 e. The number of ether oxygens (including phenoxy) is 3. The van der Waals surface area contributed by atoms with Crippen molar-refractivity contribution in [3.63, 3.8) is 0 Å². The number of benzene rings is 3. The van der Waals surface area contributed by atoms with Gasteiger partial charge in [0.05, 0.1) is 5.92 Å². The fourth-order valence-electron chi connectivity index (χ4n) is 3.22. The van der Waals surface area contributed by atoms with Gasteiger partial charge in [-0.1, -0.05) is 74.5 Å². The molecule has 0 aromatic heterocycles. The number of carbonyl (C=O) groups excluding carboxylic acids is 1. The van der Waals surface area contributed by atoms with E-state index in [0.29, 0.717) is 16.9 Å². The van der Waals surface area contributed by atoms with Gasteiger partial charge < -0.3 is 14.2 Å². The molecule has 0 radical (unpaired) electrons. The van der Waals surface area contributed by atoms with Crippen LogP contribution in [0.2, 0.25) is 0 Å². The second kappa shape index (κ2) is 10.6. The second-order valence-corrected chi connectivity index (χ2v) is 7.28. The summed E-state index contributed by atoms with van der Waals surface area (Å²) in [5, 5.41) is 0. The molecule has 6 heteroatoms. The Hall–Kier alpha value is -3.41. The van der Waals surface area contributed by atoms with Crippen molar-refractivity contribution in [2.45, 2.75) is 32.7 Å². The van der Waals surface area contributed by atoms with Gasteiger partial charge in [0.25, 0.3) is 6.29 Å². The largest absolute Gasteiger partial charge is 0.450 e. The molecular formula is C25H24F2O4. The Balaban J connectivity index is 1.82. The van der Waals surface area contributed by atoms with E-state index in [1.165, 1.54) is 12.1 Å². The average molecular weight is 426 g/mol. The normalized spacial score (nSPS) is 13.0. The van der Waals surface area contributed by atoms with Crippen LogP contribution in [0.15, 0.2) is 84.9 Å². The number of esters is 1. The van der Waals surface area contributed by atoms with Crippen LogP contribution >= 0.6 is 0 Å². The van der Waals surface area contributed by atoms with Gasteiger partial charge in [-0.2, -0.15) is 8.78 Å². The summed E-state index contributed by atoms with van der Waals surface area (Å²) < 4.78 is 41.0. The molecule has 0 fully saturated rings. The molecule has 0 bridgehead atoms. The zero-order valence-corrected chi connectivity index (χ0v) is 17.3. The summed E-state index contributed by atoms with van der Waals surface area (Å²) in [4.78, 5) is 13.2. The summed E-state index contributed by atoms with van der Waals surface area (Å²) in [5.74, 6) is -0.570. The van der Waals surface area contributed by atoms with Gasteiger partial charge in [-0.25, -0.2) is 0 Å². The third kappa shape index (κ3) is 6.28. The predicted octanol–water partition coefficient (Wildman–Crippen LogP) is 6.35. The lowest BCUT2D eigenvalue weighted by molar-refractivity contribution is -0.168. The Kier molecular flexibility index (Phi) is 7.60. The van der Waals surface area contributed by atoms with Gasteiger partial charge in [0.15, 0.2) is 0 Å². The van der Waals surface area contributed by atoms with Gasteiger partial charge >= 0.3 is 12.6 Å². The second-order valence-electron chi connectivity index (χ2n) is 7.28. The molecule has 0 spiro atoms. The highest BCUT2D eigenvalue weighted by molar-refractivity contribution is 5.78. The number of hydrogen-bond donors (Lipinski definition) is 0. The number of alkyl halides is 2. The SMILES string of the molecule is CC(C)C(C(=O)OC(Oc1ccccc1)c1ccccc1)c1ccc(OC(F)F)cc1. The number of halogens is 2. The molecular weight excluding hydrogens is 402 g/mol. The minimum Gasteiger partial charge on any atom is -0.450 e. The molecule has 3 rings (SSSR count). The summed E-state index contributed by atoms with van der Waals surface area (Å²) in [5.41, 5.74) is 1.34. The van der Waals surface area contributed by atoms with Crippen LogP contribution in [0.25, 0.3) is 0 Å². The molecule has 0 aliphatic rings. The zero-order valence-electron chi connectivity index (χ0n) is 17.3. The van der Waals surface area contributed by atoms with E-state index in [0.717, 1.165) is 0 Å². The first-order valence-corrected chi connectivity index (χ1v) is 9.96. The summed E-state index contributed by atoms with van der Waals surface area (Å²) >= 11 is 0. The van der Waals surface area contributed by atoms with Crippen molar-refractivity contribution < 1.29 is 27.8 Å². The smallest absolute Gasteiger partial charge is 0.387 e. The van der Waals surface area contributed by atoms with Crippen molar-refractivity contribution in [2.24, 2.45) is 5.92 Å². The molecule has 2 atom stereocenters. The van der Waals surface area contributed by atoms with Gasteiger partial charge in [-0.15, -0.1) is 0 Å². The average Bonchev–Trinajstić information content (AvgIpc) is 2.75. The van der Waals surface area contributed by atoms with Crippen molar-refractivity contribution in [1.82, 2.24) is 0 Å². The molecule has 0 amide bonds. The van der Waals surface area contributed by atoms with Crippen LogP contribution in [0, 0.1) is 5.92 Å². The van der Waals surface area contributed by atoms with Crippen molar-refractivity contribution in [3.8, 4) is 11.5 Å². The Morgan fingerprint density at radius 1 is 0.710 bits per heavy atom. The third-order valence-electron chi connectivity index (χ3n) is 4.67. The Labute approximate surface area is 180 Å². The first kappa shape index (κ1) is 22.3. The van der Waals surface area contributed by atoms with Gasteiger partial charge in [-0.05, 0) is 35.7 Å². The lowest BCUT2D eigenvalue weighted by Crippen LogP contribution is -2.25. The number of carbonyl (C=O) groups is 1. The lowest BCUT2D eigenvalue weighted by Gasteiger charge is -2.25. The minimum atomic E-state index is -2.90. The van der Waals surface area contributed by atoms with Crippen LogP contribution in [0.1, 0.15) is 37.2 Å². The molecule has 2 unspecified atom stereocenters. The maximum atomic E-state index is 13.2. The molecule has 0 N–H and O–H groups in total. The molecule has 3 aromatic rings. The molecule has 3 aromatic carbocycles. The summed E-state index contributed by atoms with van der Waals surface area (Å²) in [6.45, 7) is 0.884. The Morgan fingerprint density at radius 2 is 1.26 bits per heavy atom. The van der Waals surface area contributed by atoms with E-state index in [1.807, 2.05) is 62.4 Å². The standard InChI is InChI=1S/C25H24F2O4/c1-17(2)22(18-13-15-21(16-14-18)30-25(26)27)23(28)31-24(19-9-5-3-6-10-19)29-20-11-7-4-8-12-20/h3-17,22,24-25H,1-2H3. The molecule has 4 nitrogen and oxygen atoms in total. The summed E-state index contributed by atoms with van der Waals surface area (Å²) in [6, 6.07) is 24.3. The van der Waals surface area contributed by atoms with Crippen molar-refractivity contribution >= 4 is 5.97 Å². The monoisotopic (exact) mass is 426 g/mol. The lowest BCUT2D eigenvalue weighted by atomic mass is 9.88. The van der Waals surface area contributed by atoms with Gasteiger partial charge in [-0.3, -0.25) is 4.79 Å². The molecule has 162 valence electrons. The van der Waals surface area contributed by atoms with Gasteiger partial charge in [0.2, 0.25) is 0 Å². The van der Waals surface area contributed by atoms with Crippen LogP contribution in [0.5, 0.6) is 11.5 Å². The van der Waals surface area contributed by atoms with Crippen LogP contribution in [-0.2, 0) is 9.53 Å². The van der Waals surface area contributed by atoms with Crippen LogP contribution < -0.4 is 9.47 Å². The van der Waals surface area contributed by atoms with E-state index in [9.17, 15) is 13.6 Å². The van der Waals surface area contributed by atoms with E-state index in [-0.39, 0.29) is 11.7 Å². The quantitative estimate of drug-likeness (QED) is 0.295. The number of rotatable bonds is 9. The topological polar surface area (TPSA) is 44.8 Å². The number of hydrogen-bond acceptors (Lipinski definition) is 4. The highest BCUT2D eigenvalue weighted by atomic mass is 19.3. The first-order chi connectivity index (χ1) is 14.9. The highest BCUT2D eigenvalue weighted by Gasteiger charge is 2.29. The first-order valence-electron chi connectivity index (χ1n) is 9.96. The summed E-state index contributed by atoms with van der Waals surface area (Å²) in [6.07, 6.45) is -0.932. The zero-order chi connectivity index (χ0) is 22.2. The molecule has 0 aliphatic carbocycles. The van der Waals surface area contributed by atoms with E-state index in [1.54, 1.807) is 24.3 Å². The van der Waals surface area contributed by atoms with Gasteiger partial charge in [0, 0.05) is 5.56 Å².